The van der Waals surface area contributed by atoms with Gasteiger partial charge in [-0.25, -0.2) is 0 Å². The molecule has 0 aliphatic rings. The Hall–Kier alpha value is -2.48. The van der Waals surface area contributed by atoms with E-state index in [2.05, 4.69) is 0 Å². The summed E-state index contributed by atoms with van der Waals surface area (Å²) in [7, 11) is 1.47. The Labute approximate surface area is 92.4 Å². The molecule has 0 aliphatic carbocycles. The van der Waals surface area contributed by atoms with Crippen molar-refractivity contribution >= 4 is 12.0 Å². The van der Waals surface area contributed by atoms with Gasteiger partial charge < -0.3 is 15.6 Å². The highest BCUT2D eigenvalue weighted by Gasteiger charge is 2.06. The first-order valence-electron chi connectivity index (χ1n) is 4.37. The molecule has 0 saturated carbocycles. The van der Waals surface area contributed by atoms with Gasteiger partial charge in [-0.2, -0.15) is 5.26 Å². The third-order valence-electron chi connectivity index (χ3n) is 1.92. The summed E-state index contributed by atoms with van der Waals surface area (Å²) in [4.78, 5) is 10.8. The number of rotatable bonds is 3. The van der Waals surface area contributed by atoms with Crippen LogP contribution in [0.25, 0.3) is 6.08 Å². The standard InChI is InChI=1S/C11H10N2O3/c1-16-9-3-2-7(10(14)5-9)4-8(6-12)11(13)15/h2-5,14H,1H3,(H2,13,15). The van der Waals surface area contributed by atoms with Crippen molar-refractivity contribution in [3.05, 3.63) is 29.3 Å². The summed E-state index contributed by atoms with van der Waals surface area (Å²) in [6.45, 7) is 0. The molecule has 1 amide bonds. The normalized spacial score (nSPS) is 10.6. The Kier molecular flexibility index (Phi) is 3.51. The van der Waals surface area contributed by atoms with Crippen molar-refractivity contribution in [2.45, 2.75) is 0 Å². The van der Waals surface area contributed by atoms with E-state index in [1.807, 2.05) is 0 Å². The molecule has 0 spiro atoms. The number of carbonyl (C=O) groups excluding carboxylic acids is 1. The van der Waals surface area contributed by atoms with Crippen molar-refractivity contribution in [3.8, 4) is 17.6 Å². The monoisotopic (exact) mass is 218 g/mol. The molecule has 0 heterocycles. The average Bonchev–Trinajstić information content (AvgIpc) is 2.26. The van der Waals surface area contributed by atoms with Gasteiger partial charge in [0.15, 0.2) is 0 Å². The first-order chi connectivity index (χ1) is 7.58. The van der Waals surface area contributed by atoms with E-state index in [4.69, 9.17) is 15.7 Å². The summed E-state index contributed by atoms with van der Waals surface area (Å²) in [5, 5.41) is 18.2. The van der Waals surface area contributed by atoms with Gasteiger partial charge in [-0.15, -0.1) is 0 Å². The molecule has 5 heteroatoms. The van der Waals surface area contributed by atoms with Crippen molar-refractivity contribution in [2.24, 2.45) is 5.73 Å². The van der Waals surface area contributed by atoms with Gasteiger partial charge in [-0.1, -0.05) is 0 Å². The lowest BCUT2D eigenvalue weighted by Gasteiger charge is -2.03. The van der Waals surface area contributed by atoms with Gasteiger partial charge in [0.1, 0.15) is 23.1 Å². The van der Waals surface area contributed by atoms with Crippen LogP contribution in [0.4, 0.5) is 0 Å². The second-order valence-electron chi connectivity index (χ2n) is 2.96. The molecule has 0 unspecified atom stereocenters. The van der Waals surface area contributed by atoms with Crippen LogP contribution in [0, 0.1) is 11.3 Å². The molecule has 0 aliphatic heterocycles. The van der Waals surface area contributed by atoms with Crippen LogP contribution in [0.2, 0.25) is 0 Å². The number of phenols is 1. The summed E-state index contributed by atoms with van der Waals surface area (Å²) in [6, 6.07) is 6.15. The zero-order chi connectivity index (χ0) is 12.1. The summed E-state index contributed by atoms with van der Waals surface area (Å²) in [5.74, 6) is -0.446. The van der Waals surface area contributed by atoms with Crippen LogP contribution in [0.5, 0.6) is 11.5 Å². The molecule has 1 rings (SSSR count). The number of nitrogens with zero attached hydrogens (tertiary/aromatic N) is 1. The van der Waals surface area contributed by atoms with E-state index in [1.165, 1.54) is 25.3 Å². The molecule has 5 nitrogen and oxygen atoms in total. The predicted octanol–water partition coefficient (Wildman–Crippen LogP) is 0.793. The second-order valence-corrected chi connectivity index (χ2v) is 2.96. The van der Waals surface area contributed by atoms with Gasteiger partial charge in [0.2, 0.25) is 0 Å². The van der Waals surface area contributed by atoms with E-state index in [-0.39, 0.29) is 11.3 Å². The van der Waals surface area contributed by atoms with Crippen LogP contribution in [-0.4, -0.2) is 18.1 Å². The Balaban J connectivity index is 3.16. The van der Waals surface area contributed by atoms with Crippen LogP contribution in [-0.2, 0) is 4.79 Å². The quantitative estimate of drug-likeness (QED) is 0.579. The third-order valence-corrected chi connectivity index (χ3v) is 1.92. The van der Waals surface area contributed by atoms with Crippen molar-refractivity contribution in [1.82, 2.24) is 0 Å². The number of carbonyl (C=O) groups is 1. The summed E-state index contributed by atoms with van der Waals surface area (Å²) in [6.07, 6.45) is 1.22. The Morgan fingerprint density at radius 1 is 1.62 bits per heavy atom. The topological polar surface area (TPSA) is 96.3 Å². The number of nitriles is 1. The van der Waals surface area contributed by atoms with Crippen molar-refractivity contribution < 1.29 is 14.6 Å². The van der Waals surface area contributed by atoms with E-state index in [0.717, 1.165) is 0 Å². The maximum atomic E-state index is 10.8. The third kappa shape index (κ3) is 2.51. The van der Waals surface area contributed by atoms with Gasteiger partial charge in [0, 0.05) is 11.6 Å². The molecule has 0 radical (unpaired) electrons. The van der Waals surface area contributed by atoms with Gasteiger partial charge >= 0.3 is 0 Å². The minimum Gasteiger partial charge on any atom is -0.507 e. The highest BCUT2D eigenvalue weighted by molar-refractivity contribution is 6.00. The minimum atomic E-state index is -0.835. The number of methoxy groups -OCH3 is 1. The first-order valence-corrected chi connectivity index (χ1v) is 4.37. The van der Waals surface area contributed by atoms with Gasteiger partial charge in [0.25, 0.3) is 5.91 Å². The number of ether oxygens (including phenoxy) is 1. The highest BCUT2D eigenvalue weighted by atomic mass is 16.5. The summed E-state index contributed by atoms with van der Waals surface area (Å²) in [5.41, 5.74) is 5.07. The summed E-state index contributed by atoms with van der Waals surface area (Å²) < 4.78 is 4.89. The maximum Gasteiger partial charge on any atom is 0.259 e. The lowest BCUT2D eigenvalue weighted by molar-refractivity contribution is -0.114. The lowest BCUT2D eigenvalue weighted by Crippen LogP contribution is -2.12. The number of hydrogen-bond acceptors (Lipinski definition) is 4. The van der Waals surface area contributed by atoms with E-state index in [0.29, 0.717) is 11.3 Å². The zero-order valence-electron chi connectivity index (χ0n) is 8.60. The molecule has 1 aromatic rings. The molecular weight excluding hydrogens is 208 g/mol. The minimum absolute atomic E-state index is 0.0895. The molecular formula is C11H10N2O3. The molecule has 16 heavy (non-hydrogen) atoms. The van der Waals surface area contributed by atoms with Crippen LogP contribution < -0.4 is 10.5 Å². The number of nitrogens with two attached hydrogens (primary N) is 1. The van der Waals surface area contributed by atoms with Crippen molar-refractivity contribution in [3.63, 3.8) is 0 Å². The van der Waals surface area contributed by atoms with Crippen LogP contribution in [0.3, 0.4) is 0 Å². The Morgan fingerprint density at radius 3 is 2.75 bits per heavy atom. The SMILES string of the molecule is COc1ccc(C=C(C#N)C(N)=O)c(O)c1. The van der Waals surface area contributed by atoms with E-state index < -0.39 is 5.91 Å². The smallest absolute Gasteiger partial charge is 0.259 e. The van der Waals surface area contributed by atoms with Crippen LogP contribution in [0.15, 0.2) is 23.8 Å². The number of aromatic hydroxyl groups is 1. The molecule has 0 aromatic heterocycles. The maximum absolute atomic E-state index is 10.8. The number of phenolic OH excluding ortho intramolecular Hbond substituents is 1. The summed E-state index contributed by atoms with van der Waals surface area (Å²) >= 11 is 0. The molecule has 3 N–H and O–H groups in total. The van der Waals surface area contributed by atoms with Crippen LogP contribution in [0.1, 0.15) is 5.56 Å². The Morgan fingerprint density at radius 2 is 2.31 bits per heavy atom. The fraction of sp³-hybridized carbons (Fsp3) is 0.0909. The number of primary amides is 1. The van der Waals surface area contributed by atoms with Gasteiger partial charge in [0.05, 0.1) is 7.11 Å². The van der Waals surface area contributed by atoms with Gasteiger partial charge in [-0.05, 0) is 18.2 Å². The van der Waals surface area contributed by atoms with E-state index in [9.17, 15) is 9.90 Å². The van der Waals surface area contributed by atoms with Crippen molar-refractivity contribution in [1.29, 1.82) is 5.26 Å². The van der Waals surface area contributed by atoms with E-state index in [1.54, 1.807) is 12.1 Å². The number of benzene rings is 1. The van der Waals surface area contributed by atoms with Crippen molar-refractivity contribution in [2.75, 3.05) is 7.11 Å². The number of amides is 1. The van der Waals surface area contributed by atoms with Crippen LogP contribution >= 0.6 is 0 Å². The molecule has 0 fully saturated rings. The van der Waals surface area contributed by atoms with E-state index >= 15 is 0 Å². The predicted molar refractivity (Wildman–Crippen MR) is 57.4 cm³/mol. The lowest BCUT2D eigenvalue weighted by atomic mass is 10.1. The fourth-order valence-electron chi connectivity index (χ4n) is 1.09. The molecule has 1 aromatic carbocycles. The highest BCUT2D eigenvalue weighted by Crippen LogP contribution is 2.25. The number of hydrogen-bond donors (Lipinski definition) is 2. The second kappa shape index (κ2) is 4.84. The zero-order valence-corrected chi connectivity index (χ0v) is 8.60. The Bertz CT molecular complexity index is 486. The molecule has 0 bridgehead atoms. The molecule has 0 saturated heterocycles. The average molecular weight is 218 g/mol. The fourth-order valence-corrected chi connectivity index (χ4v) is 1.09. The largest absolute Gasteiger partial charge is 0.507 e. The molecule has 0 atom stereocenters. The van der Waals surface area contributed by atoms with Gasteiger partial charge in [-0.3, -0.25) is 4.79 Å². The first kappa shape index (κ1) is 11.6. The molecule has 82 valence electrons.